The molecule has 6 heteroatoms. The van der Waals surface area contributed by atoms with E-state index in [1.807, 2.05) is 0 Å². The van der Waals surface area contributed by atoms with Gasteiger partial charge in [0.25, 0.3) is 0 Å². The van der Waals surface area contributed by atoms with Crippen molar-refractivity contribution >= 4 is 5.78 Å². The van der Waals surface area contributed by atoms with Gasteiger partial charge in [0.2, 0.25) is 0 Å². The van der Waals surface area contributed by atoms with Gasteiger partial charge in [-0.05, 0) is 37.0 Å². The number of fused-ring (bicyclic) bond motifs is 2. The van der Waals surface area contributed by atoms with Crippen LogP contribution in [0.1, 0.15) is 24.8 Å². The van der Waals surface area contributed by atoms with Gasteiger partial charge >= 0.3 is 6.36 Å². The second-order valence-corrected chi connectivity index (χ2v) is 5.55. The number of carbonyl (C=O) groups excluding carboxylic acids is 1. The lowest BCUT2D eigenvalue weighted by Crippen LogP contribution is -2.26. The van der Waals surface area contributed by atoms with E-state index in [2.05, 4.69) is 4.74 Å². The first-order chi connectivity index (χ1) is 9.90. The average molecular weight is 300 g/mol. The van der Waals surface area contributed by atoms with E-state index in [0.29, 0.717) is 5.56 Å². The molecule has 3 rings (SSSR count). The SMILES string of the molecule is O=C(Cc1ccc(OC(F)(F)F)cc1)C1CC2CCC1O2. The summed E-state index contributed by atoms with van der Waals surface area (Å²) in [6.45, 7) is 0. The Morgan fingerprint density at radius 1 is 1.24 bits per heavy atom. The molecule has 1 aromatic rings. The predicted molar refractivity (Wildman–Crippen MR) is 67.8 cm³/mol. The molecule has 0 amide bonds. The normalized spacial score (nSPS) is 27.9. The van der Waals surface area contributed by atoms with Crippen molar-refractivity contribution in [1.82, 2.24) is 0 Å². The molecular formula is C15H15F3O3. The molecule has 2 fully saturated rings. The zero-order valence-corrected chi connectivity index (χ0v) is 11.2. The fraction of sp³-hybridized carbons (Fsp3) is 0.533. The standard InChI is InChI=1S/C15H15F3O3/c16-15(17,18)21-10-3-1-9(2-4-10)7-13(19)12-8-11-5-6-14(12)20-11/h1-4,11-12,14H,5-8H2. The summed E-state index contributed by atoms with van der Waals surface area (Å²) in [7, 11) is 0. The van der Waals surface area contributed by atoms with Crippen LogP contribution < -0.4 is 4.74 Å². The summed E-state index contributed by atoms with van der Waals surface area (Å²) >= 11 is 0. The van der Waals surface area contributed by atoms with Crippen LogP contribution >= 0.6 is 0 Å². The first kappa shape index (κ1) is 14.4. The van der Waals surface area contributed by atoms with Gasteiger partial charge in [-0.2, -0.15) is 0 Å². The Balaban J connectivity index is 1.59. The van der Waals surface area contributed by atoms with E-state index < -0.39 is 6.36 Å². The molecule has 114 valence electrons. The largest absolute Gasteiger partial charge is 0.573 e. The maximum atomic E-state index is 12.2. The third kappa shape index (κ3) is 3.37. The molecule has 0 aliphatic carbocycles. The molecule has 0 radical (unpaired) electrons. The molecular weight excluding hydrogens is 285 g/mol. The fourth-order valence-electron chi connectivity index (χ4n) is 3.12. The Hall–Kier alpha value is -1.56. The van der Waals surface area contributed by atoms with Crippen molar-refractivity contribution in [1.29, 1.82) is 0 Å². The Morgan fingerprint density at radius 2 is 1.95 bits per heavy atom. The number of ketones is 1. The lowest BCUT2D eigenvalue weighted by Gasteiger charge is -2.17. The number of rotatable bonds is 4. The Bertz CT molecular complexity index is 524. The molecule has 2 aliphatic rings. The first-order valence-electron chi connectivity index (χ1n) is 6.93. The zero-order chi connectivity index (χ0) is 15.0. The molecule has 21 heavy (non-hydrogen) atoms. The van der Waals surface area contributed by atoms with Crippen molar-refractivity contribution in [2.45, 2.75) is 44.3 Å². The van der Waals surface area contributed by atoms with Crippen LogP contribution in [0.4, 0.5) is 13.2 Å². The van der Waals surface area contributed by atoms with Crippen molar-refractivity contribution < 1.29 is 27.4 Å². The molecule has 0 N–H and O–H groups in total. The van der Waals surface area contributed by atoms with E-state index in [9.17, 15) is 18.0 Å². The van der Waals surface area contributed by atoms with Crippen LogP contribution in [-0.4, -0.2) is 24.4 Å². The quantitative estimate of drug-likeness (QED) is 0.856. The van der Waals surface area contributed by atoms with Gasteiger partial charge in [0.15, 0.2) is 0 Å². The fourth-order valence-corrected chi connectivity index (χ4v) is 3.12. The number of ether oxygens (including phenoxy) is 2. The Morgan fingerprint density at radius 3 is 2.48 bits per heavy atom. The zero-order valence-electron chi connectivity index (χ0n) is 11.2. The average Bonchev–Trinajstić information content (AvgIpc) is 3.01. The topological polar surface area (TPSA) is 35.5 Å². The van der Waals surface area contributed by atoms with E-state index >= 15 is 0 Å². The van der Waals surface area contributed by atoms with Crippen molar-refractivity contribution in [3.63, 3.8) is 0 Å². The highest BCUT2D eigenvalue weighted by atomic mass is 19.4. The molecule has 2 bridgehead atoms. The maximum Gasteiger partial charge on any atom is 0.573 e. The van der Waals surface area contributed by atoms with Gasteiger partial charge in [0.05, 0.1) is 12.2 Å². The van der Waals surface area contributed by atoms with E-state index in [-0.39, 0.29) is 36.1 Å². The minimum Gasteiger partial charge on any atom is -0.406 e. The predicted octanol–water partition coefficient (Wildman–Crippen LogP) is 3.26. The highest BCUT2D eigenvalue weighted by molar-refractivity contribution is 5.84. The van der Waals surface area contributed by atoms with Crippen molar-refractivity contribution in [3.05, 3.63) is 29.8 Å². The molecule has 0 spiro atoms. The van der Waals surface area contributed by atoms with Crippen molar-refractivity contribution in [2.24, 2.45) is 5.92 Å². The summed E-state index contributed by atoms with van der Waals surface area (Å²) < 4.78 is 45.6. The second kappa shape index (κ2) is 5.33. The first-order valence-corrected chi connectivity index (χ1v) is 6.93. The molecule has 0 saturated carbocycles. The summed E-state index contributed by atoms with van der Waals surface area (Å²) in [6, 6.07) is 5.45. The van der Waals surface area contributed by atoms with E-state index in [1.54, 1.807) is 0 Å². The van der Waals surface area contributed by atoms with Gasteiger partial charge in [0.1, 0.15) is 11.5 Å². The van der Waals surface area contributed by atoms with Crippen LogP contribution in [0.25, 0.3) is 0 Å². The van der Waals surface area contributed by atoms with Gasteiger partial charge in [-0.1, -0.05) is 12.1 Å². The van der Waals surface area contributed by atoms with Gasteiger partial charge < -0.3 is 9.47 Å². The molecule has 1 aromatic carbocycles. The van der Waals surface area contributed by atoms with E-state index in [4.69, 9.17) is 4.74 Å². The van der Waals surface area contributed by atoms with Crippen LogP contribution in [0.2, 0.25) is 0 Å². The van der Waals surface area contributed by atoms with E-state index in [0.717, 1.165) is 19.3 Å². The van der Waals surface area contributed by atoms with Crippen LogP contribution in [0.3, 0.4) is 0 Å². The van der Waals surface area contributed by atoms with Gasteiger partial charge in [-0.25, -0.2) is 0 Å². The molecule has 3 atom stereocenters. The molecule has 2 saturated heterocycles. The molecule has 3 nitrogen and oxygen atoms in total. The van der Waals surface area contributed by atoms with Gasteiger partial charge in [-0.3, -0.25) is 4.79 Å². The molecule has 2 aliphatic heterocycles. The smallest absolute Gasteiger partial charge is 0.406 e. The number of benzene rings is 1. The highest BCUT2D eigenvalue weighted by Crippen LogP contribution is 2.39. The number of Topliss-reactive ketones (excluding diaryl/α,β-unsaturated/α-hetero) is 1. The summed E-state index contributed by atoms with van der Waals surface area (Å²) in [5.41, 5.74) is 0.692. The van der Waals surface area contributed by atoms with Crippen molar-refractivity contribution in [3.8, 4) is 5.75 Å². The Kier molecular flexibility index (Phi) is 3.65. The minimum atomic E-state index is -4.70. The van der Waals surface area contributed by atoms with Crippen LogP contribution in [0.15, 0.2) is 24.3 Å². The van der Waals surface area contributed by atoms with Crippen LogP contribution in [0, 0.1) is 5.92 Å². The molecule has 3 unspecified atom stereocenters. The number of carbonyl (C=O) groups is 1. The molecule has 0 aromatic heterocycles. The number of hydrogen-bond donors (Lipinski definition) is 0. The minimum absolute atomic E-state index is 0.0373. The second-order valence-electron chi connectivity index (χ2n) is 5.55. The van der Waals surface area contributed by atoms with E-state index in [1.165, 1.54) is 24.3 Å². The summed E-state index contributed by atoms with van der Waals surface area (Å²) in [5, 5.41) is 0. The summed E-state index contributed by atoms with van der Waals surface area (Å²) in [6.07, 6.45) is -1.49. The van der Waals surface area contributed by atoms with Crippen LogP contribution in [-0.2, 0) is 16.0 Å². The van der Waals surface area contributed by atoms with Crippen molar-refractivity contribution in [2.75, 3.05) is 0 Å². The highest BCUT2D eigenvalue weighted by Gasteiger charge is 2.43. The Labute approximate surface area is 120 Å². The summed E-state index contributed by atoms with van der Waals surface area (Å²) in [5.74, 6) is -0.233. The lowest BCUT2D eigenvalue weighted by molar-refractivity contribution is -0.274. The number of hydrogen-bond acceptors (Lipinski definition) is 3. The maximum absolute atomic E-state index is 12.2. The van der Waals surface area contributed by atoms with Gasteiger partial charge in [-0.15, -0.1) is 13.2 Å². The third-order valence-corrected chi connectivity index (χ3v) is 4.05. The number of halogens is 3. The monoisotopic (exact) mass is 300 g/mol. The third-order valence-electron chi connectivity index (χ3n) is 4.05. The summed E-state index contributed by atoms with van der Waals surface area (Å²) in [4.78, 5) is 12.2. The van der Waals surface area contributed by atoms with Crippen LogP contribution in [0.5, 0.6) is 5.75 Å². The number of alkyl halides is 3. The lowest BCUT2D eigenvalue weighted by atomic mass is 9.84. The van der Waals surface area contributed by atoms with Gasteiger partial charge in [0, 0.05) is 12.3 Å². The molecule has 2 heterocycles.